The van der Waals surface area contributed by atoms with Gasteiger partial charge in [-0.2, -0.15) is 0 Å². The van der Waals surface area contributed by atoms with E-state index < -0.39 is 51.1 Å². The van der Waals surface area contributed by atoms with E-state index in [1.54, 1.807) is 4.90 Å². The molecule has 4 N–H and O–H groups in total. The molecule has 5 rings (SSSR count). The van der Waals surface area contributed by atoms with Gasteiger partial charge in [-0.3, -0.25) is 24.6 Å². The van der Waals surface area contributed by atoms with E-state index in [2.05, 4.69) is 5.32 Å². The lowest BCUT2D eigenvalue weighted by molar-refractivity contribution is -0.264. The zero-order valence-corrected chi connectivity index (χ0v) is 21.9. The number of morpholine rings is 1. The van der Waals surface area contributed by atoms with Gasteiger partial charge in [-0.25, -0.2) is 4.39 Å². The minimum Gasteiger partial charge on any atom is -0.392 e. The van der Waals surface area contributed by atoms with Gasteiger partial charge in [-0.05, 0) is 46.4 Å². The number of benzene rings is 2. The lowest BCUT2D eigenvalue weighted by Crippen LogP contribution is -2.68. The van der Waals surface area contributed by atoms with Gasteiger partial charge in [0, 0.05) is 25.2 Å². The maximum Gasteiger partial charge on any atom is 0.280 e. The minimum absolute atomic E-state index is 0.159. The highest BCUT2D eigenvalue weighted by Gasteiger charge is 2.59. The maximum absolute atomic E-state index is 15.5. The number of hydrogen-bond donors (Lipinski definition) is 4. The second-order valence-electron chi connectivity index (χ2n) is 10.4. The summed E-state index contributed by atoms with van der Waals surface area (Å²) < 4.78 is 20.8. The van der Waals surface area contributed by atoms with Gasteiger partial charge < -0.3 is 25.2 Å². The lowest BCUT2D eigenvalue weighted by atomic mass is 9.55. The fraction of sp³-hybridized carbons (Fsp3) is 0.400. The van der Waals surface area contributed by atoms with Crippen LogP contribution in [0.2, 0.25) is 0 Å². The van der Waals surface area contributed by atoms with Gasteiger partial charge in [-0.15, -0.1) is 0 Å². The molecule has 10 radical (unpaired) electrons. The second kappa shape index (κ2) is 10.0. The highest BCUT2D eigenvalue weighted by molar-refractivity contribution is 6.41. The van der Waals surface area contributed by atoms with Crippen molar-refractivity contribution < 1.29 is 33.7 Å². The van der Waals surface area contributed by atoms with Gasteiger partial charge in [0.05, 0.1) is 61.2 Å². The molecule has 0 aliphatic carbocycles. The monoisotopic (exact) mass is 548 g/mol. The standard InChI is InChI=1S/C25H22B5FN4O6/c26-22(7-6-18(36)32-21(22)38)35-20(37)14-2-1-3-17(19(14)25(35,39)40)33-23(27,28)15-5-4-13(12-16(15)31)24(29,30)34-8-10-41-11-9-34/h1-5,12,33,39-40H,6-11H2,(H,32,36,38). The van der Waals surface area contributed by atoms with Crippen molar-refractivity contribution in [3.05, 3.63) is 64.5 Å². The molecule has 0 saturated carbocycles. The normalized spacial score (nSPS) is 23.3. The molecule has 2 aromatic rings. The van der Waals surface area contributed by atoms with Gasteiger partial charge in [-0.1, -0.05) is 18.2 Å². The fourth-order valence-electron chi connectivity index (χ4n) is 5.46. The highest BCUT2D eigenvalue weighted by atomic mass is 19.1. The largest absolute Gasteiger partial charge is 0.392 e. The Morgan fingerprint density at radius 1 is 1.05 bits per heavy atom. The van der Waals surface area contributed by atoms with Crippen LogP contribution in [0.25, 0.3) is 0 Å². The van der Waals surface area contributed by atoms with Crippen molar-refractivity contribution in [3.8, 4) is 0 Å². The second-order valence-corrected chi connectivity index (χ2v) is 10.4. The van der Waals surface area contributed by atoms with Crippen LogP contribution in [0.1, 0.15) is 39.9 Å². The quantitative estimate of drug-likeness (QED) is 0.186. The first-order valence-electron chi connectivity index (χ1n) is 12.7. The van der Waals surface area contributed by atoms with Crippen molar-refractivity contribution in [2.24, 2.45) is 0 Å². The van der Waals surface area contributed by atoms with Gasteiger partial charge >= 0.3 is 0 Å². The molecule has 0 aromatic heterocycles. The van der Waals surface area contributed by atoms with Crippen molar-refractivity contribution in [1.82, 2.24) is 15.1 Å². The van der Waals surface area contributed by atoms with E-state index in [9.17, 15) is 24.6 Å². The summed E-state index contributed by atoms with van der Waals surface area (Å²) in [6.45, 7) is 1.72. The summed E-state index contributed by atoms with van der Waals surface area (Å²) in [4.78, 5) is 39.7. The van der Waals surface area contributed by atoms with E-state index in [4.69, 9.17) is 44.0 Å². The van der Waals surface area contributed by atoms with Crippen molar-refractivity contribution in [1.29, 1.82) is 0 Å². The average Bonchev–Trinajstić information content (AvgIpc) is 3.12. The number of nitrogens with one attached hydrogen (secondary N) is 2. The summed E-state index contributed by atoms with van der Waals surface area (Å²) >= 11 is 0. The number of fused-ring (bicyclic) bond motifs is 1. The van der Waals surface area contributed by atoms with Crippen LogP contribution in [0.5, 0.6) is 0 Å². The summed E-state index contributed by atoms with van der Waals surface area (Å²) in [5.41, 5.74) is -3.07. The van der Waals surface area contributed by atoms with Gasteiger partial charge in [0.25, 0.3) is 11.8 Å². The van der Waals surface area contributed by atoms with E-state index in [1.165, 1.54) is 30.3 Å². The first-order chi connectivity index (χ1) is 19.1. The Morgan fingerprint density at radius 2 is 1.73 bits per heavy atom. The molecule has 0 bridgehead atoms. The molecule has 3 heterocycles. The summed E-state index contributed by atoms with van der Waals surface area (Å²) in [6.07, 6.45) is -0.613. The predicted octanol–water partition coefficient (Wildman–Crippen LogP) is -1.98. The molecule has 3 aliphatic rings. The number of carbonyl (C=O) groups is 3. The van der Waals surface area contributed by atoms with Crippen LogP contribution in [0.3, 0.4) is 0 Å². The minimum atomic E-state index is -3.14. The summed E-state index contributed by atoms with van der Waals surface area (Å²) in [5, 5.41) is 23.4. The van der Waals surface area contributed by atoms with Crippen molar-refractivity contribution in [3.63, 3.8) is 0 Å². The van der Waals surface area contributed by atoms with Crippen LogP contribution >= 0.6 is 0 Å². The Kier molecular flexibility index (Phi) is 7.21. The Labute approximate surface area is 242 Å². The third-order valence-corrected chi connectivity index (χ3v) is 7.68. The maximum atomic E-state index is 15.5. The van der Waals surface area contributed by atoms with E-state index in [-0.39, 0.29) is 35.2 Å². The molecule has 2 saturated heterocycles. The molecule has 1 atom stereocenters. The molecule has 10 nitrogen and oxygen atoms in total. The average molecular weight is 548 g/mol. The third kappa shape index (κ3) is 4.80. The molecule has 2 aromatic carbocycles. The number of amides is 3. The molecule has 200 valence electrons. The topological polar surface area (TPSA) is 131 Å². The van der Waals surface area contributed by atoms with Crippen LogP contribution < -0.4 is 10.6 Å². The van der Waals surface area contributed by atoms with Crippen molar-refractivity contribution in [2.75, 3.05) is 31.6 Å². The Morgan fingerprint density at radius 3 is 2.37 bits per heavy atom. The first-order valence-corrected chi connectivity index (χ1v) is 12.7. The molecular weight excluding hydrogens is 525 g/mol. The molecule has 3 amide bonds. The van der Waals surface area contributed by atoms with Crippen LogP contribution in [-0.4, -0.2) is 109 Å². The lowest BCUT2D eigenvalue weighted by Gasteiger charge is -2.45. The molecule has 3 aliphatic heterocycles. The van der Waals surface area contributed by atoms with Crippen molar-refractivity contribution in [2.45, 2.75) is 34.9 Å². The number of ether oxygens (including phenoxy) is 1. The van der Waals surface area contributed by atoms with Crippen molar-refractivity contribution >= 4 is 62.6 Å². The molecular formula is C25H22B5FN4O6. The number of rotatable bonds is 6. The van der Waals surface area contributed by atoms with Crippen LogP contribution in [0.4, 0.5) is 10.1 Å². The third-order valence-electron chi connectivity index (χ3n) is 7.68. The van der Waals surface area contributed by atoms with Crippen LogP contribution in [0, 0.1) is 5.82 Å². The molecule has 41 heavy (non-hydrogen) atoms. The zero-order chi connectivity index (χ0) is 30.0. The summed E-state index contributed by atoms with van der Waals surface area (Å²) in [5.74, 6) is -6.71. The van der Waals surface area contributed by atoms with Crippen LogP contribution in [0.15, 0.2) is 36.4 Å². The number of piperidine rings is 1. The first kappa shape index (κ1) is 29.4. The SMILES string of the molecule is [B]C([B])(Nc1cccc2c1C(O)(O)N(C1([B])CCC(=O)NC1=O)C2=O)c1ccc(C([B])([B])N2CCOCC2)cc1F. The summed E-state index contributed by atoms with van der Waals surface area (Å²) in [6, 6.07) is 7.85. The van der Waals surface area contributed by atoms with E-state index in [0.29, 0.717) is 31.2 Å². The zero-order valence-electron chi connectivity index (χ0n) is 21.9. The van der Waals surface area contributed by atoms with E-state index in [1.807, 2.05) is 5.32 Å². The number of imide groups is 1. The number of anilines is 1. The van der Waals surface area contributed by atoms with Gasteiger partial charge in [0.1, 0.15) is 13.7 Å². The number of aliphatic hydroxyl groups is 2. The number of halogens is 1. The number of hydrogen-bond acceptors (Lipinski definition) is 8. The van der Waals surface area contributed by atoms with Crippen LogP contribution in [-0.2, 0) is 30.9 Å². The fourth-order valence-corrected chi connectivity index (χ4v) is 5.46. The Hall–Kier alpha value is -3.06. The van der Waals surface area contributed by atoms with Gasteiger partial charge in [0.2, 0.25) is 11.8 Å². The number of carbonyl (C=O) groups excluding carboxylic acids is 3. The van der Waals surface area contributed by atoms with E-state index >= 15 is 4.39 Å². The highest BCUT2D eigenvalue weighted by Crippen LogP contribution is 2.45. The summed E-state index contributed by atoms with van der Waals surface area (Å²) in [7, 11) is 31.4. The number of nitrogens with zero attached hydrogens (tertiary/aromatic N) is 2. The predicted molar refractivity (Wildman–Crippen MR) is 148 cm³/mol. The Bertz CT molecular complexity index is 1440. The molecule has 2 fully saturated rings. The van der Waals surface area contributed by atoms with Gasteiger partial charge in [0.15, 0.2) is 0 Å². The molecule has 16 heteroatoms. The molecule has 0 spiro atoms. The molecule has 1 unspecified atom stereocenters. The Balaban J connectivity index is 1.47. The van der Waals surface area contributed by atoms with E-state index in [0.717, 1.165) is 6.07 Å². The smallest absolute Gasteiger partial charge is 0.280 e.